The van der Waals surface area contributed by atoms with Gasteiger partial charge in [-0.2, -0.15) is 0 Å². The highest BCUT2D eigenvalue weighted by Gasteiger charge is 2.33. The van der Waals surface area contributed by atoms with E-state index in [0.29, 0.717) is 17.2 Å². The monoisotopic (exact) mass is 492 g/mol. The molecule has 0 aliphatic heterocycles. The van der Waals surface area contributed by atoms with Crippen LogP contribution in [0.15, 0.2) is 36.7 Å². The minimum atomic E-state index is -1.45. The highest BCUT2D eigenvalue weighted by atomic mass is 28.3. The molecule has 0 saturated heterocycles. The van der Waals surface area contributed by atoms with Crippen LogP contribution >= 0.6 is 0 Å². The van der Waals surface area contributed by atoms with E-state index in [1.54, 1.807) is 18.0 Å². The third kappa shape index (κ3) is 6.88. The van der Waals surface area contributed by atoms with E-state index in [9.17, 15) is 9.59 Å². The molecule has 0 bridgehead atoms. The molecule has 1 aliphatic rings. The Hall–Kier alpha value is -2.78. The molecule has 1 aromatic carbocycles. The van der Waals surface area contributed by atoms with Crippen molar-refractivity contribution in [2.45, 2.75) is 79.1 Å². The fourth-order valence-electron chi connectivity index (χ4n) is 4.48. The molecule has 1 heterocycles. The standard InChI is InChI=1S/C29H40N2O3Si/c1-8-34-29(33)26-19-30(25-15-11-23(12-16-25)17-18-35(5,6)7)20-27(26)31(21(2)3)28(32)24-13-9-22(4)10-14-24/h11-12,15-16,19-22,24H,8-10,13-14H2,1-7H3/t22-,24-. The summed E-state index contributed by atoms with van der Waals surface area (Å²) >= 11 is 0. The largest absolute Gasteiger partial charge is 0.462 e. The summed E-state index contributed by atoms with van der Waals surface area (Å²) in [5.41, 5.74) is 6.30. The van der Waals surface area contributed by atoms with Crippen molar-refractivity contribution < 1.29 is 14.3 Å². The average Bonchev–Trinajstić information content (AvgIpc) is 3.23. The summed E-state index contributed by atoms with van der Waals surface area (Å²) in [6, 6.07) is 7.92. The lowest BCUT2D eigenvalue weighted by Crippen LogP contribution is -2.42. The van der Waals surface area contributed by atoms with Crippen molar-refractivity contribution in [2.24, 2.45) is 11.8 Å². The first kappa shape index (κ1) is 26.8. The van der Waals surface area contributed by atoms with Gasteiger partial charge in [0.05, 0.1) is 12.3 Å². The summed E-state index contributed by atoms with van der Waals surface area (Å²) in [5.74, 6) is 3.64. The summed E-state index contributed by atoms with van der Waals surface area (Å²) in [6.45, 7) is 15.0. The minimum Gasteiger partial charge on any atom is -0.462 e. The molecule has 188 valence electrons. The average molecular weight is 493 g/mol. The molecule has 35 heavy (non-hydrogen) atoms. The zero-order chi connectivity index (χ0) is 25.8. The van der Waals surface area contributed by atoms with Crippen LogP contribution < -0.4 is 4.90 Å². The van der Waals surface area contributed by atoms with Gasteiger partial charge in [0.1, 0.15) is 13.6 Å². The molecular weight excluding hydrogens is 452 g/mol. The summed E-state index contributed by atoms with van der Waals surface area (Å²) in [6.07, 6.45) is 7.61. The number of carbonyl (C=O) groups excluding carboxylic acids is 2. The quantitative estimate of drug-likeness (QED) is 0.264. The Bertz CT molecular complexity index is 1090. The Morgan fingerprint density at radius 3 is 2.26 bits per heavy atom. The number of hydrogen-bond acceptors (Lipinski definition) is 3. The Balaban J connectivity index is 1.98. The molecule has 5 nitrogen and oxygen atoms in total. The first-order valence-electron chi connectivity index (χ1n) is 12.9. The lowest BCUT2D eigenvalue weighted by Gasteiger charge is -2.33. The number of nitrogens with zero attached hydrogens (tertiary/aromatic N) is 2. The van der Waals surface area contributed by atoms with Gasteiger partial charge in [0.15, 0.2) is 0 Å². The molecule has 1 saturated carbocycles. The van der Waals surface area contributed by atoms with Crippen LogP contribution in [0.2, 0.25) is 19.6 Å². The number of aromatic nitrogens is 1. The zero-order valence-corrected chi connectivity index (χ0v) is 23.4. The van der Waals surface area contributed by atoms with Gasteiger partial charge >= 0.3 is 5.97 Å². The normalized spacial score (nSPS) is 18.1. The van der Waals surface area contributed by atoms with E-state index in [2.05, 4.69) is 38.0 Å². The fraction of sp³-hybridized carbons (Fsp3) is 0.517. The Morgan fingerprint density at radius 1 is 1.09 bits per heavy atom. The first-order valence-corrected chi connectivity index (χ1v) is 16.4. The second kappa shape index (κ2) is 11.3. The molecule has 1 amide bonds. The van der Waals surface area contributed by atoms with E-state index in [1.165, 1.54) is 0 Å². The molecule has 1 aromatic heterocycles. The van der Waals surface area contributed by atoms with Gasteiger partial charge in [-0.3, -0.25) is 4.79 Å². The summed E-state index contributed by atoms with van der Waals surface area (Å²) in [4.78, 5) is 28.4. The third-order valence-corrected chi connectivity index (χ3v) is 7.30. The maximum atomic E-state index is 13.7. The molecule has 0 unspecified atom stereocenters. The van der Waals surface area contributed by atoms with Gasteiger partial charge in [0.2, 0.25) is 5.91 Å². The maximum Gasteiger partial charge on any atom is 0.341 e. The zero-order valence-electron chi connectivity index (χ0n) is 22.4. The second-order valence-corrected chi connectivity index (χ2v) is 15.7. The summed E-state index contributed by atoms with van der Waals surface area (Å²) in [7, 11) is -1.45. The molecular formula is C29H40N2O3Si. The number of benzene rings is 1. The summed E-state index contributed by atoms with van der Waals surface area (Å²) < 4.78 is 7.27. The van der Waals surface area contributed by atoms with E-state index >= 15 is 0 Å². The van der Waals surface area contributed by atoms with E-state index in [0.717, 1.165) is 36.9 Å². The van der Waals surface area contributed by atoms with Gasteiger partial charge in [-0.25, -0.2) is 4.79 Å². The van der Waals surface area contributed by atoms with Crippen molar-refractivity contribution in [1.82, 2.24) is 4.57 Å². The SMILES string of the molecule is CCOC(=O)c1cn(-c2ccc(C#C[Si](C)(C)C)cc2)cc1N(C(=O)[C@H]1CC[C@H](C)CC1)C(C)C. The van der Waals surface area contributed by atoms with Crippen molar-refractivity contribution in [1.29, 1.82) is 0 Å². The number of amides is 1. The van der Waals surface area contributed by atoms with Crippen LogP contribution in [0.1, 0.15) is 69.3 Å². The fourth-order valence-corrected chi connectivity index (χ4v) is 5.00. The number of esters is 1. The molecule has 1 fully saturated rings. The number of rotatable bonds is 6. The van der Waals surface area contributed by atoms with Crippen LogP contribution in [-0.4, -0.2) is 37.2 Å². The molecule has 1 aliphatic carbocycles. The van der Waals surface area contributed by atoms with Crippen LogP contribution in [0.3, 0.4) is 0 Å². The van der Waals surface area contributed by atoms with Crippen molar-refractivity contribution >= 4 is 25.6 Å². The van der Waals surface area contributed by atoms with Crippen LogP contribution in [0.25, 0.3) is 5.69 Å². The molecule has 2 aromatic rings. The first-order chi connectivity index (χ1) is 16.5. The Morgan fingerprint density at radius 2 is 1.71 bits per heavy atom. The summed E-state index contributed by atoms with van der Waals surface area (Å²) in [5, 5.41) is 0. The van der Waals surface area contributed by atoms with E-state index in [-0.39, 0.29) is 24.5 Å². The lowest BCUT2D eigenvalue weighted by molar-refractivity contribution is -0.123. The highest BCUT2D eigenvalue weighted by molar-refractivity contribution is 6.83. The number of carbonyl (C=O) groups is 2. The predicted octanol–water partition coefficient (Wildman–Crippen LogP) is 6.45. The van der Waals surface area contributed by atoms with Crippen LogP contribution in [0.5, 0.6) is 0 Å². The highest BCUT2D eigenvalue weighted by Crippen LogP contribution is 2.34. The van der Waals surface area contributed by atoms with Crippen LogP contribution in [0, 0.1) is 23.3 Å². The van der Waals surface area contributed by atoms with Crippen LogP contribution in [-0.2, 0) is 9.53 Å². The molecule has 0 N–H and O–H groups in total. The molecule has 0 radical (unpaired) electrons. The second-order valence-electron chi connectivity index (χ2n) is 11.0. The third-order valence-electron chi connectivity index (χ3n) is 6.43. The lowest BCUT2D eigenvalue weighted by atomic mass is 9.82. The van der Waals surface area contributed by atoms with E-state index in [1.807, 2.05) is 48.9 Å². The van der Waals surface area contributed by atoms with Crippen LogP contribution in [0.4, 0.5) is 5.69 Å². The number of anilines is 1. The van der Waals surface area contributed by atoms with E-state index in [4.69, 9.17) is 4.74 Å². The smallest absolute Gasteiger partial charge is 0.341 e. The maximum absolute atomic E-state index is 13.7. The van der Waals surface area contributed by atoms with Crippen molar-refractivity contribution in [3.05, 3.63) is 47.8 Å². The van der Waals surface area contributed by atoms with Gasteiger partial charge < -0.3 is 14.2 Å². The van der Waals surface area contributed by atoms with Crippen molar-refractivity contribution in [3.63, 3.8) is 0 Å². The minimum absolute atomic E-state index is 0.00350. The van der Waals surface area contributed by atoms with E-state index < -0.39 is 14.0 Å². The molecule has 0 spiro atoms. The van der Waals surface area contributed by atoms with Gasteiger partial charge in [0.25, 0.3) is 0 Å². The van der Waals surface area contributed by atoms with Gasteiger partial charge in [-0.15, -0.1) is 5.54 Å². The molecule has 6 heteroatoms. The van der Waals surface area contributed by atoms with Gasteiger partial charge in [-0.1, -0.05) is 32.5 Å². The molecule has 0 atom stereocenters. The number of ether oxygens (including phenoxy) is 1. The predicted molar refractivity (Wildman–Crippen MR) is 146 cm³/mol. The van der Waals surface area contributed by atoms with Crippen molar-refractivity contribution in [2.75, 3.05) is 11.5 Å². The van der Waals surface area contributed by atoms with Gasteiger partial charge in [0, 0.05) is 35.6 Å². The Kier molecular flexibility index (Phi) is 8.66. The number of hydrogen-bond donors (Lipinski definition) is 0. The van der Waals surface area contributed by atoms with Crippen molar-refractivity contribution in [3.8, 4) is 17.2 Å². The van der Waals surface area contributed by atoms with Gasteiger partial charge in [-0.05, 0) is 76.6 Å². The molecule has 3 rings (SSSR count). The topological polar surface area (TPSA) is 51.5 Å². The Labute approximate surface area is 211 Å².